The van der Waals surface area contributed by atoms with Crippen molar-refractivity contribution >= 4 is 12.4 Å². The summed E-state index contributed by atoms with van der Waals surface area (Å²) in [4.78, 5) is 0. The predicted molar refractivity (Wildman–Crippen MR) is 120 cm³/mol. The first-order valence-electron chi connectivity index (χ1n) is 9.87. The van der Waals surface area contributed by atoms with Crippen molar-refractivity contribution in [3.05, 3.63) is 101 Å². The quantitative estimate of drug-likeness (QED) is 0.550. The second-order valence-corrected chi connectivity index (χ2v) is 7.38. The Bertz CT molecular complexity index is 915. The molecule has 0 bridgehead atoms. The van der Waals surface area contributed by atoms with Gasteiger partial charge in [-0.25, -0.2) is 0 Å². The van der Waals surface area contributed by atoms with Gasteiger partial charge < -0.3 is 14.8 Å². The fourth-order valence-corrected chi connectivity index (χ4v) is 4.19. The first-order valence-corrected chi connectivity index (χ1v) is 9.87. The number of ether oxygens (including phenoxy) is 2. The van der Waals surface area contributed by atoms with Crippen molar-refractivity contribution in [1.82, 2.24) is 5.32 Å². The lowest BCUT2D eigenvalue weighted by molar-refractivity contribution is 0.0620. The average Bonchev–Trinajstić information content (AvgIpc) is 2.77. The van der Waals surface area contributed by atoms with Gasteiger partial charge in [0.2, 0.25) is 0 Å². The summed E-state index contributed by atoms with van der Waals surface area (Å²) < 4.78 is 11.4. The summed E-state index contributed by atoms with van der Waals surface area (Å²) in [7, 11) is 1.71. The Morgan fingerprint density at radius 2 is 1.76 bits per heavy atom. The third kappa shape index (κ3) is 4.64. The van der Waals surface area contributed by atoms with Gasteiger partial charge in [0.15, 0.2) is 0 Å². The molecule has 1 N–H and O–H groups in total. The minimum absolute atomic E-state index is 0. The molecule has 1 aliphatic rings. The highest BCUT2D eigenvalue weighted by atomic mass is 35.5. The van der Waals surface area contributed by atoms with Gasteiger partial charge in [-0.3, -0.25) is 0 Å². The fourth-order valence-electron chi connectivity index (χ4n) is 4.19. The number of rotatable bonds is 7. The van der Waals surface area contributed by atoms with E-state index in [9.17, 15) is 0 Å². The molecule has 0 aromatic heterocycles. The van der Waals surface area contributed by atoms with Gasteiger partial charge in [0.1, 0.15) is 5.75 Å². The number of methoxy groups -OCH3 is 1. The zero-order valence-electron chi connectivity index (χ0n) is 16.8. The van der Waals surface area contributed by atoms with Gasteiger partial charge >= 0.3 is 0 Å². The predicted octanol–water partition coefficient (Wildman–Crippen LogP) is 5.11. The Hall–Kier alpha value is -2.33. The molecule has 0 spiro atoms. The molecule has 1 unspecified atom stereocenters. The van der Waals surface area contributed by atoms with E-state index < -0.39 is 0 Å². The van der Waals surface area contributed by atoms with Crippen LogP contribution in [0.3, 0.4) is 0 Å². The maximum atomic E-state index is 6.07. The standard InChI is InChI=1S/C25H27NO2.ClH/c1-27-23-12-7-8-20(16-23)17-26-15-14-25(22-10-3-2-4-11-22)19-28-18-21-9-5-6-13-24(21)25;/h2-13,16,26H,14-15,17-19H2,1H3;1H. The Kier molecular flexibility index (Phi) is 7.32. The Labute approximate surface area is 179 Å². The summed E-state index contributed by atoms with van der Waals surface area (Å²) in [5, 5.41) is 3.61. The van der Waals surface area contributed by atoms with Gasteiger partial charge in [-0.15, -0.1) is 12.4 Å². The van der Waals surface area contributed by atoms with E-state index in [1.54, 1.807) is 7.11 Å². The summed E-state index contributed by atoms with van der Waals surface area (Å²) in [5.41, 5.74) is 5.14. The van der Waals surface area contributed by atoms with E-state index in [-0.39, 0.29) is 17.8 Å². The highest BCUT2D eigenvalue weighted by Crippen LogP contribution is 2.40. The molecule has 29 heavy (non-hydrogen) atoms. The highest BCUT2D eigenvalue weighted by molar-refractivity contribution is 5.85. The van der Waals surface area contributed by atoms with Crippen molar-refractivity contribution in [2.75, 3.05) is 20.3 Å². The number of halogens is 1. The SMILES string of the molecule is COc1cccc(CNCCC2(c3ccccc3)COCc3ccccc32)c1.Cl. The van der Waals surface area contributed by atoms with Crippen molar-refractivity contribution < 1.29 is 9.47 Å². The largest absolute Gasteiger partial charge is 0.497 e. The van der Waals surface area contributed by atoms with Crippen LogP contribution in [0.1, 0.15) is 28.7 Å². The smallest absolute Gasteiger partial charge is 0.119 e. The van der Waals surface area contributed by atoms with Gasteiger partial charge in [-0.2, -0.15) is 0 Å². The van der Waals surface area contributed by atoms with E-state index in [0.29, 0.717) is 6.61 Å². The van der Waals surface area contributed by atoms with E-state index in [1.165, 1.54) is 22.3 Å². The van der Waals surface area contributed by atoms with E-state index in [1.807, 2.05) is 12.1 Å². The normalized spacial score (nSPS) is 17.8. The Morgan fingerprint density at radius 1 is 0.966 bits per heavy atom. The molecule has 1 atom stereocenters. The van der Waals surface area contributed by atoms with Crippen LogP contribution in [0.15, 0.2) is 78.9 Å². The van der Waals surface area contributed by atoms with E-state index >= 15 is 0 Å². The van der Waals surface area contributed by atoms with Crippen LogP contribution in [-0.2, 0) is 23.3 Å². The number of fused-ring (bicyclic) bond motifs is 1. The second-order valence-electron chi connectivity index (χ2n) is 7.38. The van der Waals surface area contributed by atoms with Crippen LogP contribution in [0.5, 0.6) is 5.75 Å². The van der Waals surface area contributed by atoms with Gasteiger partial charge in [0.25, 0.3) is 0 Å². The van der Waals surface area contributed by atoms with Gasteiger partial charge in [-0.1, -0.05) is 66.7 Å². The number of benzene rings is 3. The van der Waals surface area contributed by atoms with E-state index in [4.69, 9.17) is 9.47 Å². The molecule has 3 nitrogen and oxygen atoms in total. The molecule has 0 fully saturated rings. The van der Waals surface area contributed by atoms with Crippen molar-refractivity contribution in [2.24, 2.45) is 0 Å². The molecule has 0 saturated heterocycles. The van der Waals surface area contributed by atoms with Crippen LogP contribution in [0.2, 0.25) is 0 Å². The summed E-state index contributed by atoms with van der Waals surface area (Å²) >= 11 is 0. The molecule has 3 aromatic rings. The number of hydrogen-bond acceptors (Lipinski definition) is 3. The van der Waals surface area contributed by atoms with Crippen LogP contribution in [0.25, 0.3) is 0 Å². The summed E-state index contributed by atoms with van der Waals surface area (Å²) in [5.74, 6) is 0.898. The summed E-state index contributed by atoms with van der Waals surface area (Å²) in [6.45, 7) is 3.14. The first-order chi connectivity index (χ1) is 13.8. The second kappa shape index (κ2) is 9.93. The third-order valence-electron chi connectivity index (χ3n) is 5.66. The van der Waals surface area contributed by atoms with Crippen LogP contribution in [0.4, 0.5) is 0 Å². The maximum Gasteiger partial charge on any atom is 0.119 e. The van der Waals surface area contributed by atoms with Crippen LogP contribution >= 0.6 is 12.4 Å². The number of hydrogen-bond donors (Lipinski definition) is 1. The molecule has 0 radical (unpaired) electrons. The monoisotopic (exact) mass is 409 g/mol. The van der Waals surface area contributed by atoms with Crippen LogP contribution in [-0.4, -0.2) is 20.3 Å². The maximum absolute atomic E-state index is 6.07. The lowest BCUT2D eigenvalue weighted by Gasteiger charge is -2.40. The molecular formula is C25H28ClNO2. The number of nitrogens with one attached hydrogen (secondary N) is 1. The first kappa shape index (κ1) is 21.4. The van der Waals surface area contributed by atoms with Crippen molar-refractivity contribution in [3.63, 3.8) is 0 Å². The third-order valence-corrected chi connectivity index (χ3v) is 5.66. The summed E-state index contributed by atoms with van der Waals surface area (Å²) in [6, 6.07) is 27.7. The molecule has 0 saturated carbocycles. The average molecular weight is 410 g/mol. The molecule has 0 aliphatic carbocycles. The molecule has 4 rings (SSSR count). The molecule has 0 amide bonds. The molecule has 3 aromatic carbocycles. The molecule has 152 valence electrons. The zero-order chi connectivity index (χ0) is 19.2. The minimum Gasteiger partial charge on any atom is -0.497 e. The van der Waals surface area contributed by atoms with E-state index in [2.05, 4.69) is 72.0 Å². The van der Waals surface area contributed by atoms with Crippen LogP contribution < -0.4 is 10.1 Å². The van der Waals surface area contributed by atoms with E-state index in [0.717, 1.165) is 31.9 Å². The summed E-state index contributed by atoms with van der Waals surface area (Å²) in [6.07, 6.45) is 0.984. The molecule has 1 aliphatic heterocycles. The van der Waals surface area contributed by atoms with Crippen molar-refractivity contribution in [3.8, 4) is 5.75 Å². The Balaban J connectivity index is 0.00000240. The van der Waals surface area contributed by atoms with Crippen molar-refractivity contribution in [1.29, 1.82) is 0 Å². The Morgan fingerprint density at radius 3 is 2.59 bits per heavy atom. The molecular weight excluding hydrogens is 382 g/mol. The van der Waals surface area contributed by atoms with Gasteiger partial charge in [-0.05, 0) is 47.4 Å². The van der Waals surface area contributed by atoms with Gasteiger partial charge in [0.05, 0.1) is 20.3 Å². The highest BCUT2D eigenvalue weighted by Gasteiger charge is 2.38. The van der Waals surface area contributed by atoms with Crippen LogP contribution in [0, 0.1) is 0 Å². The zero-order valence-corrected chi connectivity index (χ0v) is 17.6. The minimum atomic E-state index is -0.114. The van der Waals surface area contributed by atoms with Crippen molar-refractivity contribution in [2.45, 2.75) is 25.0 Å². The molecule has 1 heterocycles. The molecule has 4 heteroatoms. The van der Waals surface area contributed by atoms with Gasteiger partial charge in [0, 0.05) is 12.0 Å². The lowest BCUT2D eigenvalue weighted by atomic mass is 9.70. The fraction of sp³-hybridized carbons (Fsp3) is 0.280. The lowest BCUT2D eigenvalue weighted by Crippen LogP contribution is -2.40. The topological polar surface area (TPSA) is 30.5 Å².